The van der Waals surface area contributed by atoms with E-state index in [9.17, 15) is 14.4 Å². The van der Waals surface area contributed by atoms with Crippen molar-refractivity contribution >= 4 is 23.5 Å². The van der Waals surface area contributed by atoms with Crippen molar-refractivity contribution in [1.82, 2.24) is 10.6 Å². The largest absolute Gasteiger partial charge is 0.323 e. The number of hydrogen-bond acceptors (Lipinski definition) is 3. The van der Waals surface area contributed by atoms with Crippen LogP contribution < -0.4 is 15.5 Å². The summed E-state index contributed by atoms with van der Waals surface area (Å²) >= 11 is 0. The average Bonchev–Trinajstić information content (AvgIpc) is 2.90. The van der Waals surface area contributed by atoms with Gasteiger partial charge in [-0.15, -0.1) is 0 Å². The fourth-order valence-corrected chi connectivity index (χ4v) is 2.99. The minimum absolute atomic E-state index is 0.372. The van der Waals surface area contributed by atoms with Crippen LogP contribution >= 0.6 is 0 Å². The van der Waals surface area contributed by atoms with E-state index in [-0.39, 0.29) is 5.91 Å². The summed E-state index contributed by atoms with van der Waals surface area (Å²) < 4.78 is 0. The molecule has 4 amide bonds. The predicted octanol–water partition coefficient (Wildman–Crippen LogP) is 1.26. The Morgan fingerprint density at radius 2 is 1.90 bits per heavy atom. The highest BCUT2D eigenvalue weighted by Gasteiger charge is 2.60. The molecule has 1 spiro atoms. The van der Waals surface area contributed by atoms with Crippen LogP contribution in [0.25, 0.3) is 0 Å². The van der Waals surface area contributed by atoms with Crippen molar-refractivity contribution in [1.29, 1.82) is 0 Å². The van der Waals surface area contributed by atoms with Crippen LogP contribution in [-0.2, 0) is 15.1 Å². The molecule has 2 heterocycles. The molecular formula is C15H17N3O3. The van der Waals surface area contributed by atoms with Gasteiger partial charge in [0.1, 0.15) is 0 Å². The molecule has 6 nitrogen and oxygen atoms in total. The minimum atomic E-state index is -1.58. The van der Waals surface area contributed by atoms with Crippen molar-refractivity contribution in [3.8, 4) is 0 Å². The van der Waals surface area contributed by atoms with Crippen LogP contribution in [0.4, 0.5) is 10.5 Å². The zero-order valence-electron chi connectivity index (χ0n) is 11.8. The number of carbonyl (C=O) groups is 3. The van der Waals surface area contributed by atoms with Crippen molar-refractivity contribution < 1.29 is 14.4 Å². The maximum Gasteiger partial charge on any atom is 0.323 e. The van der Waals surface area contributed by atoms with Gasteiger partial charge in [-0.05, 0) is 12.5 Å². The third-order valence-corrected chi connectivity index (χ3v) is 4.02. The van der Waals surface area contributed by atoms with Crippen molar-refractivity contribution in [2.24, 2.45) is 0 Å². The summed E-state index contributed by atoms with van der Waals surface area (Å²) in [5.41, 5.74) is -0.328. The normalized spacial score (nSPS) is 23.5. The van der Waals surface area contributed by atoms with E-state index in [0.717, 1.165) is 19.3 Å². The number of fused-ring (bicyclic) bond motifs is 2. The van der Waals surface area contributed by atoms with Crippen molar-refractivity contribution in [3.05, 3.63) is 29.8 Å². The molecular weight excluding hydrogens is 270 g/mol. The number of imide groups is 1. The van der Waals surface area contributed by atoms with Gasteiger partial charge in [-0.25, -0.2) is 4.79 Å². The molecule has 0 aliphatic carbocycles. The lowest BCUT2D eigenvalue weighted by Gasteiger charge is -2.21. The second kappa shape index (κ2) is 4.87. The van der Waals surface area contributed by atoms with Crippen molar-refractivity contribution in [3.63, 3.8) is 0 Å². The fraction of sp³-hybridized carbons (Fsp3) is 0.400. The zero-order chi connectivity index (χ0) is 15.0. The van der Waals surface area contributed by atoms with Crippen LogP contribution in [0.3, 0.4) is 0 Å². The van der Waals surface area contributed by atoms with Gasteiger partial charge in [0, 0.05) is 12.1 Å². The van der Waals surface area contributed by atoms with E-state index in [1.165, 1.54) is 0 Å². The Morgan fingerprint density at radius 1 is 1.14 bits per heavy atom. The molecule has 0 bridgehead atoms. The molecule has 2 aliphatic heterocycles. The van der Waals surface area contributed by atoms with Gasteiger partial charge in [-0.3, -0.25) is 14.9 Å². The number of para-hydroxylation sites is 1. The Kier molecular flexibility index (Phi) is 3.16. The summed E-state index contributed by atoms with van der Waals surface area (Å²) in [4.78, 5) is 38.1. The number of nitrogens with one attached hydrogen (secondary N) is 2. The number of amides is 4. The van der Waals surface area contributed by atoms with Crippen LogP contribution in [0.15, 0.2) is 24.3 Å². The number of unbranched alkanes of at least 4 members (excludes halogenated alkanes) is 2. The minimum Gasteiger partial charge on any atom is -0.312 e. The molecule has 1 fully saturated rings. The lowest BCUT2D eigenvalue weighted by Crippen LogP contribution is -2.52. The van der Waals surface area contributed by atoms with Crippen LogP contribution in [-0.4, -0.2) is 24.4 Å². The highest BCUT2D eigenvalue weighted by molar-refractivity contribution is 6.27. The Hall–Kier alpha value is -2.37. The molecule has 1 aromatic rings. The van der Waals surface area contributed by atoms with Gasteiger partial charge >= 0.3 is 6.03 Å². The lowest BCUT2D eigenvalue weighted by molar-refractivity contribution is -0.133. The first-order valence-electron chi connectivity index (χ1n) is 7.16. The fourth-order valence-electron chi connectivity index (χ4n) is 2.99. The molecule has 0 radical (unpaired) electrons. The quantitative estimate of drug-likeness (QED) is 0.497. The zero-order valence-corrected chi connectivity index (χ0v) is 11.8. The number of carbonyl (C=O) groups excluding carboxylic acids is 3. The number of urea groups is 1. The standard InChI is InChI=1S/C15H17N3O3/c1-2-3-6-9-18-11-8-5-4-7-10(11)15(13(18)20)12(19)16-14(21)17-15/h4-5,7-8H,2-3,6,9H2,1H3,(H2,16,17,19,21). The predicted molar refractivity (Wildman–Crippen MR) is 76.7 cm³/mol. The van der Waals surface area contributed by atoms with E-state index in [1.807, 2.05) is 12.1 Å². The topological polar surface area (TPSA) is 78.5 Å². The summed E-state index contributed by atoms with van der Waals surface area (Å²) in [6, 6.07) is 6.50. The molecule has 0 aromatic heterocycles. The molecule has 0 saturated carbocycles. The van der Waals surface area contributed by atoms with Gasteiger partial charge in [0.25, 0.3) is 11.8 Å². The summed E-state index contributed by atoms with van der Waals surface area (Å²) in [5.74, 6) is -0.967. The molecule has 21 heavy (non-hydrogen) atoms. The van der Waals surface area contributed by atoms with E-state index in [0.29, 0.717) is 17.8 Å². The number of rotatable bonds is 4. The third-order valence-electron chi connectivity index (χ3n) is 4.02. The first-order valence-corrected chi connectivity index (χ1v) is 7.16. The third kappa shape index (κ3) is 1.82. The van der Waals surface area contributed by atoms with Crippen LogP contribution in [0.5, 0.6) is 0 Å². The van der Waals surface area contributed by atoms with E-state index >= 15 is 0 Å². The summed E-state index contributed by atoms with van der Waals surface area (Å²) in [6.45, 7) is 2.64. The Morgan fingerprint density at radius 3 is 2.57 bits per heavy atom. The Balaban J connectivity index is 2.03. The van der Waals surface area contributed by atoms with E-state index < -0.39 is 17.5 Å². The van der Waals surface area contributed by atoms with Gasteiger partial charge in [-0.1, -0.05) is 38.0 Å². The van der Waals surface area contributed by atoms with Gasteiger partial charge < -0.3 is 10.2 Å². The smallest absolute Gasteiger partial charge is 0.312 e. The highest BCUT2D eigenvalue weighted by atomic mass is 16.2. The summed E-state index contributed by atoms with van der Waals surface area (Å²) in [5, 5.41) is 4.69. The van der Waals surface area contributed by atoms with Crippen LogP contribution in [0, 0.1) is 0 Å². The van der Waals surface area contributed by atoms with Crippen LogP contribution in [0.1, 0.15) is 31.7 Å². The van der Waals surface area contributed by atoms with Gasteiger partial charge in [0.2, 0.25) is 5.54 Å². The second-order valence-corrected chi connectivity index (χ2v) is 5.34. The van der Waals surface area contributed by atoms with E-state index in [2.05, 4.69) is 17.6 Å². The number of hydrogen-bond donors (Lipinski definition) is 2. The van der Waals surface area contributed by atoms with Crippen molar-refractivity contribution in [2.45, 2.75) is 31.7 Å². The molecule has 2 aliphatic rings. The molecule has 1 atom stereocenters. The number of nitrogens with zero attached hydrogens (tertiary/aromatic N) is 1. The number of benzene rings is 1. The molecule has 1 aromatic carbocycles. The van der Waals surface area contributed by atoms with Gasteiger partial charge in [0.05, 0.1) is 5.69 Å². The molecule has 6 heteroatoms. The maximum absolute atomic E-state index is 12.8. The molecule has 1 saturated heterocycles. The maximum atomic E-state index is 12.8. The molecule has 2 N–H and O–H groups in total. The average molecular weight is 287 g/mol. The molecule has 1 unspecified atom stereocenters. The van der Waals surface area contributed by atoms with Gasteiger partial charge in [0.15, 0.2) is 0 Å². The van der Waals surface area contributed by atoms with Crippen molar-refractivity contribution in [2.75, 3.05) is 11.4 Å². The summed E-state index contributed by atoms with van der Waals surface area (Å²) in [7, 11) is 0. The van der Waals surface area contributed by atoms with Crippen LogP contribution in [0.2, 0.25) is 0 Å². The Labute approximate surface area is 122 Å². The molecule has 3 rings (SSSR count). The van der Waals surface area contributed by atoms with E-state index in [4.69, 9.17) is 0 Å². The van der Waals surface area contributed by atoms with E-state index in [1.54, 1.807) is 17.0 Å². The first kappa shape index (κ1) is 13.6. The first-order chi connectivity index (χ1) is 10.1. The Bertz CT molecular complexity index is 628. The summed E-state index contributed by atoms with van der Waals surface area (Å²) in [6.07, 6.45) is 2.92. The monoisotopic (exact) mass is 287 g/mol. The SMILES string of the molecule is CCCCCN1C(=O)C2(NC(=O)NC2=O)c2ccccc21. The lowest BCUT2D eigenvalue weighted by atomic mass is 9.92. The number of anilines is 1. The second-order valence-electron chi connectivity index (χ2n) is 5.34. The molecule has 110 valence electrons. The van der Waals surface area contributed by atoms with Gasteiger partial charge in [-0.2, -0.15) is 0 Å². The highest BCUT2D eigenvalue weighted by Crippen LogP contribution is 2.41.